The van der Waals surface area contributed by atoms with Crippen molar-refractivity contribution in [2.45, 2.75) is 12.6 Å². The van der Waals surface area contributed by atoms with Crippen molar-refractivity contribution in [1.82, 2.24) is 9.88 Å². The van der Waals surface area contributed by atoms with Gasteiger partial charge in [-0.1, -0.05) is 23.7 Å². The van der Waals surface area contributed by atoms with Crippen LogP contribution in [0, 0.1) is 0 Å². The zero-order chi connectivity index (χ0) is 13.1. The number of hydrogen-bond donors (Lipinski definition) is 0. The first-order chi connectivity index (χ1) is 9.29. The van der Waals surface area contributed by atoms with E-state index in [9.17, 15) is 0 Å². The van der Waals surface area contributed by atoms with Gasteiger partial charge in [0.1, 0.15) is 11.9 Å². The Balaban J connectivity index is 1.48. The molecule has 1 fully saturated rings. The van der Waals surface area contributed by atoms with Gasteiger partial charge in [0.25, 0.3) is 0 Å². The van der Waals surface area contributed by atoms with Crippen LogP contribution in [0.2, 0.25) is 5.02 Å². The van der Waals surface area contributed by atoms with Crippen LogP contribution in [0.4, 0.5) is 0 Å². The fourth-order valence-electron chi connectivity index (χ4n) is 2.23. The largest absolute Gasteiger partial charge is 0.488 e. The molecule has 1 aliphatic rings. The van der Waals surface area contributed by atoms with Crippen molar-refractivity contribution < 1.29 is 4.74 Å². The van der Waals surface area contributed by atoms with E-state index in [1.165, 1.54) is 5.56 Å². The predicted molar refractivity (Wildman–Crippen MR) is 75.4 cm³/mol. The maximum atomic E-state index is 5.98. The summed E-state index contributed by atoms with van der Waals surface area (Å²) in [5, 5.41) is 0.794. The molecule has 0 bridgehead atoms. The lowest BCUT2D eigenvalue weighted by molar-refractivity contribution is 0.0145. The number of aromatic nitrogens is 1. The summed E-state index contributed by atoms with van der Waals surface area (Å²) < 4.78 is 5.83. The van der Waals surface area contributed by atoms with Gasteiger partial charge in [-0.05, 0) is 29.8 Å². The van der Waals surface area contributed by atoms with E-state index >= 15 is 0 Å². The van der Waals surface area contributed by atoms with Crippen LogP contribution >= 0.6 is 11.6 Å². The van der Waals surface area contributed by atoms with Crippen LogP contribution in [0.5, 0.6) is 5.75 Å². The number of likely N-dealkylation sites (tertiary alicyclic amines) is 1. The second-order valence-electron chi connectivity index (χ2n) is 4.75. The summed E-state index contributed by atoms with van der Waals surface area (Å²) in [5.74, 6) is 0.891. The minimum Gasteiger partial charge on any atom is -0.488 e. The fourth-order valence-corrected chi connectivity index (χ4v) is 2.44. The van der Waals surface area contributed by atoms with Crippen molar-refractivity contribution in [2.75, 3.05) is 13.1 Å². The normalized spacial score (nSPS) is 16.1. The molecule has 0 spiro atoms. The summed E-state index contributed by atoms with van der Waals surface area (Å²) >= 11 is 5.98. The van der Waals surface area contributed by atoms with Gasteiger partial charge in [-0.25, -0.2) is 0 Å². The molecule has 3 nitrogen and oxygen atoms in total. The van der Waals surface area contributed by atoms with Crippen LogP contribution in [0.1, 0.15) is 5.56 Å². The lowest BCUT2D eigenvalue weighted by Gasteiger charge is -2.39. The highest BCUT2D eigenvalue weighted by Crippen LogP contribution is 2.20. The number of rotatable bonds is 4. The quantitative estimate of drug-likeness (QED) is 0.857. The maximum Gasteiger partial charge on any atom is 0.124 e. The Bertz CT molecular complexity index is 541. The molecule has 98 valence electrons. The Labute approximate surface area is 117 Å². The average molecular weight is 275 g/mol. The van der Waals surface area contributed by atoms with Crippen molar-refractivity contribution in [3.8, 4) is 5.75 Å². The third-order valence-corrected chi connectivity index (χ3v) is 3.41. The molecule has 2 heterocycles. The van der Waals surface area contributed by atoms with Crippen molar-refractivity contribution in [1.29, 1.82) is 0 Å². The van der Waals surface area contributed by atoms with Crippen molar-refractivity contribution in [3.63, 3.8) is 0 Å². The van der Waals surface area contributed by atoms with E-state index in [0.717, 1.165) is 30.4 Å². The van der Waals surface area contributed by atoms with Gasteiger partial charge in [0.2, 0.25) is 0 Å². The lowest BCUT2D eigenvalue weighted by atomic mass is 10.1. The van der Waals surface area contributed by atoms with Gasteiger partial charge in [0.05, 0.1) is 0 Å². The van der Waals surface area contributed by atoms with E-state index < -0.39 is 0 Å². The van der Waals surface area contributed by atoms with Crippen LogP contribution in [0.15, 0.2) is 48.8 Å². The van der Waals surface area contributed by atoms with Gasteiger partial charge in [0, 0.05) is 37.1 Å². The van der Waals surface area contributed by atoms with Crippen LogP contribution in [0.25, 0.3) is 0 Å². The van der Waals surface area contributed by atoms with Gasteiger partial charge >= 0.3 is 0 Å². The summed E-state index contributed by atoms with van der Waals surface area (Å²) in [5.41, 5.74) is 1.25. The van der Waals surface area contributed by atoms with Gasteiger partial charge in [-0.2, -0.15) is 0 Å². The van der Waals surface area contributed by atoms with Gasteiger partial charge in [-0.15, -0.1) is 0 Å². The number of benzene rings is 1. The molecule has 4 heteroatoms. The second-order valence-corrected chi connectivity index (χ2v) is 5.18. The summed E-state index contributed by atoms with van der Waals surface area (Å²) in [4.78, 5) is 6.32. The SMILES string of the molecule is Clc1cccc(CN2CC(Oc3ccncc3)C2)c1. The first-order valence-electron chi connectivity index (χ1n) is 6.33. The zero-order valence-electron chi connectivity index (χ0n) is 10.5. The monoisotopic (exact) mass is 274 g/mol. The van der Waals surface area contributed by atoms with E-state index in [4.69, 9.17) is 16.3 Å². The van der Waals surface area contributed by atoms with E-state index in [2.05, 4.69) is 16.0 Å². The fraction of sp³-hybridized carbons (Fsp3) is 0.267. The molecule has 3 rings (SSSR count). The number of ether oxygens (including phenoxy) is 1. The lowest BCUT2D eigenvalue weighted by Crippen LogP contribution is -2.53. The van der Waals surface area contributed by atoms with Crippen LogP contribution in [-0.2, 0) is 6.54 Å². The minimum absolute atomic E-state index is 0.279. The van der Waals surface area contributed by atoms with Gasteiger partial charge < -0.3 is 4.74 Å². The van der Waals surface area contributed by atoms with E-state index in [1.54, 1.807) is 12.4 Å². The number of pyridine rings is 1. The topological polar surface area (TPSA) is 25.4 Å². The molecule has 0 N–H and O–H groups in total. The zero-order valence-corrected chi connectivity index (χ0v) is 11.3. The number of halogens is 1. The minimum atomic E-state index is 0.279. The van der Waals surface area contributed by atoms with E-state index in [-0.39, 0.29) is 6.10 Å². The summed E-state index contributed by atoms with van der Waals surface area (Å²) in [6.07, 6.45) is 3.77. The smallest absolute Gasteiger partial charge is 0.124 e. The van der Waals surface area contributed by atoms with Crippen molar-refractivity contribution in [3.05, 3.63) is 59.4 Å². The molecule has 0 aliphatic carbocycles. The molecule has 1 aliphatic heterocycles. The molecule has 0 radical (unpaired) electrons. The first-order valence-corrected chi connectivity index (χ1v) is 6.71. The van der Waals surface area contributed by atoms with Gasteiger partial charge in [-0.3, -0.25) is 9.88 Å². The van der Waals surface area contributed by atoms with Crippen molar-refractivity contribution in [2.24, 2.45) is 0 Å². The number of nitrogens with zero attached hydrogens (tertiary/aromatic N) is 2. The highest BCUT2D eigenvalue weighted by molar-refractivity contribution is 6.30. The van der Waals surface area contributed by atoms with Crippen molar-refractivity contribution >= 4 is 11.6 Å². The molecule has 1 saturated heterocycles. The first kappa shape index (κ1) is 12.5. The van der Waals surface area contributed by atoms with Crippen LogP contribution in [0.3, 0.4) is 0 Å². The molecule has 19 heavy (non-hydrogen) atoms. The molecule has 0 saturated carbocycles. The van der Waals surface area contributed by atoms with Crippen LogP contribution < -0.4 is 4.74 Å². The second kappa shape index (κ2) is 5.59. The highest BCUT2D eigenvalue weighted by Gasteiger charge is 2.28. The molecular weight excluding hydrogens is 260 g/mol. The molecule has 0 unspecified atom stereocenters. The molecule has 2 aromatic rings. The number of hydrogen-bond acceptors (Lipinski definition) is 3. The van der Waals surface area contributed by atoms with E-state index in [1.807, 2.05) is 30.3 Å². The summed E-state index contributed by atoms with van der Waals surface area (Å²) in [7, 11) is 0. The molecular formula is C15H15ClN2O. The Morgan fingerprint density at radius 2 is 2.00 bits per heavy atom. The molecule has 1 aromatic heterocycles. The standard InChI is InChI=1S/C15H15ClN2O/c16-13-3-1-2-12(8-13)9-18-10-15(11-18)19-14-4-6-17-7-5-14/h1-8,15H,9-11H2. The third-order valence-electron chi connectivity index (χ3n) is 3.17. The van der Waals surface area contributed by atoms with E-state index in [0.29, 0.717) is 0 Å². The Morgan fingerprint density at radius 3 is 2.74 bits per heavy atom. The molecule has 0 amide bonds. The Kier molecular flexibility index (Phi) is 3.67. The summed E-state index contributed by atoms with van der Waals surface area (Å²) in [6.45, 7) is 2.83. The predicted octanol–water partition coefficient (Wildman–Crippen LogP) is 3.00. The maximum absolute atomic E-state index is 5.98. The third kappa shape index (κ3) is 3.25. The highest BCUT2D eigenvalue weighted by atomic mass is 35.5. The van der Waals surface area contributed by atoms with Gasteiger partial charge in [0.15, 0.2) is 0 Å². The average Bonchev–Trinajstić information content (AvgIpc) is 2.37. The molecule has 0 atom stereocenters. The summed E-state index contributed by atoms with van der Waals surface area (Å²) in [6, 6.07) is 11.8. The Morgan fingerprint density at radius 1 is 1.21 bits per heavy atom. The van der Waals surface area contributed by atoms with Crippen LogP contribution in [-0.4, -0.2) is 29.1 Å². The Hall–Kier alpha value is -1.58. The molecule has 1 aromatic carbocycles.